The molecule has 1 aromatic rings. The Labute approximate surface area is 147 Å². The van der Waals surface area contributed by atoms with Crippen LogP contribution in [0, 0.1) is 17.2 Å². The van der Waals surface area contributed by atoms with Crippen LogP contribution in [0.1, 0.15) is 42.1 Å². The van der Waals surface area contributed by atoms with Gasteiger partial charge in [0.2, 0.25) is 5.91 Å². The maximum atomic E-state index is 12.5. The molecule has 1 aliphatic rings. The number of hydrogen-bond donors (Lipinski definition) is 0. The van der Waals surface area contributed by atoms with Gasteiger partial charge in [0.1, 0.15) is 12.9 Å². The fourth-order valence-corrected chi connectivity index (χ4v) is 2.94. The van der Waals surface area contributed by atoms with E-state index in [2.05, 4.69) is 0 Å². The Hall–Kier alpha value is -2.52. The van der Waals surface area contributed by atoms with Crippen molar-refractivity contribution in [2.24, 2.45) is 5.92 Å². The van der Waals surface area contributed by atoms with Gasteiger partial charge in [0, 0.05) is 31.0 Å². The zero-order valence-electron chi connectivity index (χ0n) is 14.3. The van der Waals surface area contributed by atoms with Gasteiger partial charge in [-0.15, -0.1) is 0 Å². The first kappa shape index (κ1) is 18.8. The number of Topliss-reactive ketones (excluding diaryl/α,β-unsaturated/α-hetero) is 1. The lowest BCUT2D eigenvalue weighted by molar-refractivity contribution is -0.138. The minimum absolute atomic E-state index is 0.0184. The molecule has 1 fully saturated rings. The number of ether oxygens (including phenoxy) is 1. The van der Waals surface area contributed by atoms with E-state index in [0.717, 1.165) is 6.29 Å². The Bertz CT molecular complexity index is 655. The summed E-state index contributed by atoms with van der Waals surface area (Å²) in [5, 5.41) is 8.78. The lowest BCUT2D eigenvalue weighted by Crippen LogP contribution is -2.43. The largest absolute Gasteiger partial charge is 0.371 e. The zero-order valence-corrected chi connectivity index (χ0v) is 14.3. The molecule has 1 atom stereocenters. The topological polar surface area (TPSA) is 87.5 Å². The molecule has 0 aliphatic carbocycles. The molecule has 0 bridgehead atoms. The van der Waals surface area contributed by atoms with Crippen molar-refractivity contribution in [1.29, 1.82) is 5.26 Å². The predicted octanol–water partition coefficient (Wildman–Crippen LogP) is 1.97. The van der Waals surface area contributed by atoms with Crippen LogP contribution in [-0.2, 0) is 14.3 Å². The molecule has 0 saturated carbocycles. The standard InChI is InChI=1S/C19H22N2O4/c1-14(12-18(23)16-4-2-15(13-20)3-5-16)19(24)21-8-6-17(7-9-21)25-11-10-22/h2-5,10,14,17H,6-9,11-12H2,1H3. The highest BCUT2D eigenvalue weighted by molar-refractivity contribution is 5.98. The number of carbonyl (C=O) groups is 3. The lowest BCUT2D eigenvalue weighted by atomic mass is 9.97. The van der Waals surface area contributed by atoms with Crippen molar-refractivity contribution < 1.29 is 19.1 Å². The van der Waals surface area contributed by atoms with Gasteiger partial charge >= 0.3 is 0 Å². The van der Waals surface area contributed by atoms with E-state index in [1.54, 1.807) is 36.1 Å². The number of benzene rings is 1. The van der Waals surface area contributed by atoms with E-state index in [1.165, 1.54) is 0 Å². The van der Waals surface area contributed by atoms with Crippen molar-refractivity contribution in [3.63, 3.8) is 0 Å². The Morgan fingerprint density at radius 2 is 1.96 bits per heavy atom. The summed E-state index contributed by atoms with van der Waals surface area (Å²) in [6, 6.07) is 8.45. The Balaban J connectivity index is 1.84. The predicted molar refractivity (Wildman–Crippen MR) is 90.9 cm³/mol. The van der Waals surface area contributed by atoms with E-state index in [0.29, 0.717) is 37.1 Å². The summed E-state index contributed by atoms with van der Waals surface area (Å²) in [4.78, 5) is 36.9. The van der Waals surface area contributed by atoms with E-state index >= 15 is 0 Å². The van der Waals surface area contributed by atoms with Crippen molar-refractivity contribution in [2.75, 3.05) is 19.7 Å². The smallest absolute Gasteiger partial charge is 0.225 e. The second-order valence-corrected chi connectivity index (χ2v) is 6.24. The summed E-state index contributed by atoms with van der Waals surface area (Å²) in [6.45, 7) is 3.02. The molecule has 1 amide bonds. The fraction of sp³-hybridized carbons (Fsp3) is 0.474. The Morgan fingerprint density at radius 3 is 2.52 bits per heavy atom. The van der Waals surface area contributed by atoms with Crippen LogP contribution in [-0.4, -0.2) is 48.7 Å². The number of rotatable bonds is 7. The van der Waals surface area contributed by atoms with E-state index in [-0.39, 0.29) is 30.8 Å². The molecule has 6 heteroatoms. The summed E-state index contributed by atoms with van der Waals surface area (Å²) in [5.74, 6) is -0.527. The minimum atomic E-state index is -0.393. The SMILES string of the molecule is CC(CC(=O)c1ccc(C#N)cc1)C(=O)N1CCC(OCC=O)CC1. The van der Waals surface area contributed by atoms with Crippen molar-refractivity contribution in [3.8, 4) is 6.07 Å². The number of amides is 1. The molecule has 2 rings (SSSR count). The molecule has 25 heavy (non-hydrogen) atoms. The third kappa shape index (κ3) is 5.23. The highest BCUT2D eigenvalue weighted by Crippen LogP contribution is 2.18. The summed E-state index contributed by atoms with van der Waals surface area (Å²) >= 11 is 0. The van der Waals surface area contributed by atoms with E-state index in [1.807, 2.05) is 6.07 Å². The summed E-state index contributed by atoms with van der Waals surface area (Å²) < 4.78 is 5.38. The number of nitrogens with zero attached hydrogens (tertiary/aromatic N) is 2. The zero-order chi connectivity index (χ0) is 18.2. The molecule has 0 spiro atoms. The molecule has 0 N–H and O–H groups in total. The van der Waals surface area contributed by atoms with E-state index < -0.39 is 5.92 Å². The molecular formula is C19H22N2O4. The van der Waals surface area contributed by atoms with Gasteiger partial charge in [-0.1, -0.05) is 19.1 Å². The number of nitriles is 1. The lowest BCUT2D eigenvalue weighted by Gasteiger charge is -2.33. The molecule has 132 valence electrons. The monoisotopic (exact) mass is 342 g/mol. The van der Waals surface area contributed by atoms with Crippen molar-refractivity contribution in [2.45, 2.75) is 32.3 Å². The average Bonchev–Trinajstić information content (AvgIpc) is 2.66. The summed E-state index contributed by atoms with van der Waals surface area (Å²) in [6.07, 6.45) is 2.30. The van der Waals surface area contributed by atoms with Crippen LogP contribution < -0.4 is 0 Å². The van der Waals surface area contributed by atoms with Crippen LogP contribution in [0.25, 0.3) is 0 Å². The molecule has 1 aliphatic heterocycles. The van der Waals surface area contributed by atoms with Gasteiger partial charge in [-0.05, 0) is 25.0 Å². The quantitative estimate of drug-likeness (QED) is 0.558. The van der Waals surface area contributed by atoms with Gasteiger partial charge in [0.15, 0.2) is 5.78 Å². The fourth-order valence-electron chi connectivity index (χ4n) is 2.94. The second kappa shape index (κ2) is 9.09. The molecule has 1 saturated heterocycles. The third-order valence-electron chi connectivity index (χ3n) is 4.40. The molecule has 6 nitrogen and oxygen atoms in total. The van der Waals surface area contributed by atoms with Crippen LogP contribution in [0.15, 0.2) is 24.3 Å². The first-order chi connectivity index (χ1) is 12.0. The number of likely N-dealkylation sites (tertiary alicyclic amines) is 1. The van der Waals surface area contributed by atoms with Gasteiger partial charge in [-0.2, -0.15) is 5.26 Å². The van der Waals surface area contributed by atoms with Crippen molar-refractivity contribution >= 4 is 18.0 Å². The number of ketones is 1. The molecule has 1 unspecified atom stereocenters. The molecule has 1 heterocycles. The first-order valence-electron chi connectivity index (χ1n) is 8.42. The van der Waals surface area contributed by atoms with Crippen LogP contribution in [0.3, 0.4) is 0 Å². The van der Waals surface area contributed by atoms with Gasteiger partial charge in [0.05, 0.1) is 17.7 Å². The van der Waals surface area contributed by atoms with Crippen LogP contribution in [0.2, 0.25) is 0 Å². The van der Waals surface area contributed by atoms with Gasteiger partial charge < -0.3 is 14.4 Å². The van der Waals surface area contributed by atoms with Gasteiger partial charge in [-0.25, -0.2) is 0 Å². The normalized spacial score (nSPS) is 16.1. The van der Waals surface area contributed by atoms with E-state index in [4.69, 9.17) is 10.00 Å². The highest BCUT2D eigenvalue weighted by atomic mass is 16.5. The van der Waals surface area contributed by atoms with Crippen LogP contribution in [0.5, 0.6) is 0 Å². The summed E-state index contributed by atoms with van der Waals surface area (Å²) in [7, 11) is 0. The molecule has 0 radical (unpaired) electrons. The Kier molecular flexibility index (Phi) is 6.84. The van der Waals surface area contributed by atoms with E-state index in [9.17, 15) is 14.4 Å². The first-order valence-corrected chi connectivity index (χ1v) is 8.42. The Morgan fingerprint density at radius 1 is 1.32 bits per heavy atom. The second-order valence-electron chi connectivity index (χ2n) is 6.24. The number of carbonyl (C=O) groups excluding carboxylic acids is 3. The van der Waals surface area contributed by atoms with Gasteiger partial charge in [0.25, 0.3) is 0 Å². The third-order valence-corrected chi connectivity index (χ3v) is 4.40. The average molecular weight is 342 g/mol. The maximum absolute atomic E-state index is 12.5. The van der Waals surface area contributed by atoms with Gasteiger partial charge in [-0.3, -0.25) is 9.59 Å². The number of hydrogen-bond acceptors (Lipinski definition) is 5. The molecular weight excluding hydrogens is 320 g/mol. The van der Waals surface area contributed by atoms with Crippen LogP contribution >= 0.6 is 0 Å². The molecule has 1 aromatic carbocycles. The highest BCUT2D eigenvalue weighted by Gasteiger charge is 2.27. The van der Waals surface area contributed by atoms with Crippen molar-refractivity contribution in [3.05, 3.63) is 35.4 Å². The van der Waals surface area contributed by atoms with Crippen molar-refractivity contribution in [1.82, 2.24) is 4.90 Å². The minimum Gasteiger partial charge on any atom is -0.371 e. The molecule has 0 aromatic heterocycles. The summed E-state index contributed by atoms with van der Waals surface area (Å²) in [5.41, 5.74) is 1.01. The maximum Gasteiger partial charge on any atom is 0.225 e. The van der Waals surface area contributed by atoms with Crippen LogP contribution in [0.4, 0.5) is 0 Å². The number of aldehydes is 1. The number of piperidine rings is 1.